The van der Waals surface area contributed by atoms with Crippen LogP contribution in [0.15, 0.2) is 24.4 Å². The molecule has 3 heterocycles. The molecule has 4 rings (SSSR count). The fraction of sp³-hybridized carbons (Fsp3) is 0.500. The normalized spacial score (nSPS) is 27.4. The monoisotopic (exact) mass is 313 g/mol. The number of aromatic amines is 1. The van der Waals surface area contributed by atoms with E-state index in [1.165, 1.54) is 23.8 Å². The molecule has 23 heavy (non-hydrogen) atoms. The molecule has 1 aromatic carbocycles. The number of piperidine rings is 1. The summed E-state index contributed by atoms with van der Waals surface area (Å²) < 4.78 is 0. The Morgan fingerprint density at radius 2 is 2.09 bits per heavy atom. The van der Waals surface area contributed by atoms with Gasteiger partial charge in [-0.15, -0.1) is 0 Å². The number of rotatable bonds is 3. The summed E-state index contributed by atoms with van der Waals surface area (Å²) in [7, 11) is 0. The molecule has 0 spiro atoms. The zero-order valence-electron chi connectivity index (χ0n) is 13.4. The van der Waals surface area contributed by atoms with Crippen LogP contribution < -0.4 is 5.32 Å². The van der Waals surface area contributed by atoms with Gasteiger partial charge in [0.25, 0.3) is 0 Å². The molecule has 2 fully saturated rings. The predicted molar refractivity (Wildman–Crippen MR) is 89.2 cm³/mol. The lowest BCUT2D eigenvalue weighted by Crippen LogP contribution is -2.49. The molecular formula is C18H23N3O2. The Morgan fingerprint density at radius 3 is 2.78 bits per heavy atom. The molecule has 2 saturated heterocycles. The van der Waals surface area contributed by atoms with Crippen LogP contribution in [0, 0.1) is 0 Å². The second kappa shape index (κ2) is 5.57. The minimum absolute atomic E-state index is 0.0827. The number of benzene rings is 1. The van der Waals surface area contributed by atoms with Crippen molar-refractivity contribution < 1.29 is 9.90 Å². The van der Waals surface area contributed by atoms with E-state index in [1.54, 1.807) is 19.1 Å². The summed E-state index contributed by atoms with van der Waals surface area (Å²) in [5, 5.41) is 13.9. The highest BCUT2D eigenvalue weighted by Crippen LogP contribution is 2.37. The van der Waals surface area contributed by atoms with Crippen LogP contribution in [0.3, 0.4) is 0 Å². The van der Waals surface area contributed by atoms with Gasteiger partial charge in [-0.2, -0.15) is 0 Å². The first-order valence-corrected chi connectivity index (χ1v) is 8.42. The number of carbonyl (C=O) groups is 1. The summed E-state index contributed by atoms with van der Waals surface area (Å²) in [6, 6.07) is 6.97. The van der Waals surface area contributed by atoms with E-state index in [-0.39, 0.29) is 5.91 Å². The van der Waals surface area contributed by atoms with E-state index in [0.717, 1.165) is 24.9 Å². The number of hydrogen-bond donors (Lipinski definition) is 3. The van der Waals surface area contributed by atoms with Gasteiger partial charge in [0.15, 0.2) is 0 Å². The van der Waals surface area contributed by atoms with E-state index >= 15 is 0 Å². The number of nitrogens with one attached hydrogen (secondary N) is 2. The van der Waals surface area contributed by atoms with Gasteiger partial charge >= 0.3 is 0 Å². The standard InChI is InChI=1S/C18H23N3O2/c1-11(22)20-13-6-14-2-3-15(7-13)21(14)10-12-9-19-18-8-16(23)4-5-17(12)18/h4-5,8-9,13-15,19,23H,2-3,6-7,10H2,1H3,(H,20,22)/t13-,14+,15-. The van der Waals surface area contributed by atoms with Crippen LogP contribution in [0.2, 0.25) is 0 Å². The van der Waals surface area contributed by atoms with Crippen molar-refractivity contribution in [3.05, 3.63) is 30.0 Å². The summed E-state index contributed by atoms with van der Waals surface area (Å²) in [6.45, 7) is 2.54. The Morgan fingerprint density at radius 1 is 1.35 bits per heavy atom. The molecule has 2 aliphatic heterocycles. The molecule has 3 atom stereocenters. The number of H-pyrrole nitrogens is 1. The number of phenolic OH excluding ortho intramolecular Hbond substituents is 1. The fourth-order valence-electron chi connectivity index (χ4n) is 4.44. The number of hydrogen-bond acceptors (Lipinski definition) is 3. The molecular weight excluding hydrogens is 290 g/mol. The van der Waals surface area contributed by atoms with Gasteiger partial charge in [-0.05, 0) is 43.4 Å². The summed E-state index contributed by atoms with van der Waals surface area (Å²) in [6.07, 6.45) is 6.62. The molecule has 0 unspecified atom stereocenters. The van der Waals surface area contributed by atoms with Crippen LogP contribution in [-0.4, -0.2) is 39.0 Å². The van der Waals surface area contributed by atoms with Crippen LogP contribution in [0.5, 0.6) is 5.75 Å². The van der Waals surface area contributed by atoms with E-state index in [2.05, 4.69) is 21.4 Å². The van der Waals surface area contributed by atoms with Crippen molar-refractivity contribution in [1.29, 1.82) is 0 Å². The van der Waals surface area contributed by atoms with Crippen molar-refractivity contribution in [2.45, 2.75) is 57.3 Å². The molecule has 5 heteroatoms. The average molecular weight is 313 g/mol. The van der Waals surface area contributed by atoms with Crippen molar-refractivity contribution in [3.8, 4) is 5.75 Å². The molecule has 2 aliphatic rings. The Bertz CT molecular complexity index is 725. The molecule has 0 radical (unpaired) electrons. The predicted octanol–water partition coefficient (Wildman–Crippen LogP) is 2.50. The van der Waals surface area contributed by atoms with Gasteiger partial charge in [-0.1, -0.05) is 0 Å². The summed E-state index contributed by atoms with van der Waals surface area (Å²) in [5.41, 5.74) is 2.27. The van der Waals surface area contributed by atoms with E-state index in [1.807, 2.05) is 6.07 Å². The molecule has 1 aromatic heterocycles. The number of carbonyl (C=O) groups excluding carboxylic acids is 1. The average Bonchev–Trinajstić information content (AvgIpc) is 2.98. The van der Waals surface area contributed by atoms with Gasteiger partial charge in [-0.3, -0.25) is 9.69 Å². The van der Waals surface area contributed by atoms with Crippen LogP contribution in [-0.2, 0) is 11.3 Å². The minimum atomic E-state index is 0.0827. The molecule has 0 aliphatic carbocycles. The second-order valence-corrected chi connectivity index (χ2v) is 6.97. The van der Waals surface area contributed by atoms with Gasteiger partial charge in [0.05, 0.1) is 0 Å². The largest absolute Gasteiger partial charge is 0.508 e. The zero-order valence-corrected chi connectivity index (χ0v) is 13.4. The fourth-order valence-corrected chi connectivity index (χ4v) is 4.44. The molecule has 0 saturated carbocycles. The van der Waals surface area contributed by atoms with Gasteiger partial charge in [0, 0.05) is 54.8 Å². The third kappa shape index (κ3) is 2.70. The molecule has 2 aromatic rings. The van der Waals surface area contributed by atoms with Crippen LogP contribution >= 0.6 is 0 Å². The smallest absolute Gasteiger partial charge is 0.217 e. The van der Waals surface area contributed by atoms with Crippen molar-refractivity contribution in [1.82, 2.24) is 15.2 Å². The van der Waals surface area contributed by atoms with E-state index in [0.29, 0.717) is 23.9 Å². The quantitative estimate of drug-likeness (QED) is 0.815. The van der Waals surface area contributed by atoms with E-state index in [4.69, 9.17) is 0 Å². The molecule has 122 valence electrons. The van der Waals surface area contributed by atoms with Gasteiger partial charge in [-0.25, -0.2) is 0 Å². The van der Waals surface area contributed by atoms with Crippen molar-refractivity contribution in [2.24, 2.45) is 0 Å². The summed E-state index contributed by atoms with van der Waals surface area (Å²) in [4.78, 5) is 17.2. The lowest BCUT2D eigenvalue weighted by atomic mass is 9.96. The van der Waals surface area contributed by atoms with Crippen LogP contribution in [0.25, 0.3) is 10.9 Å². The molecule has 5 nitrogen and oxygen atoms in total. The number of phenols is 1. The number of amides is 1. The second-order valence-electron chi connectivity index (χ2n) is 6.97. The maximum absolute atomic E-state index is 11.3. The third-order valence-corrected chi connectivity index (χ3v) is 5.40. The highest BCUT2D eigenvalue weighted by Gasteiger charge is 2.40. The van der Waals surface area contributed by atoms with Crippen molar-refractivity contribution >= 4 is 16.8 Å². The Labute approximate surface area is 135 Å². The summed E-state index contributed by atoms with van der Waals surface area (Å²) >= 11 is 0. The lowest BCUT2D eigenvalue weighted by Gasteiger charge is -2.39. The summed E-state index contributed by atoms with van der Waals surface area (Å²) in [5.74, 6) is 0.376. The maximum Gasteiger partial charge on any atom is 0.217 e. The van der Waals surface area contributed by atoms with Crippen LogP contribution in [0.4, 0.5) is 0 Å². The first-order chi connectivity index (χ1) is 11.1. The lowest BCUT2D eigenvalue weighted by molar-refractivity contribution is -0.120. The third-order valence-electron chi connectivity index (χ3n) is 5.40. The van der Waals surface area contributed by atoms with Crippen molar-refractivity contribution in [2.75, 3.05) is 0 Å². The van der Waals surface area contributed by atoms with Gasteiger partial charge < -0.3 is 15.4 Å². The highest BCUT2D eigenvalue weighted by atomic mass is 16.3. The van der Waals surface area contributed by atoms with Crippen LogP contribution in [0.1, 0.15) is 38.2 Å². The van der Waals surface area contributed by atoms with Gasteiger partial charge in [0.2, 0.25) is 5.91 Å². The number of fused-ring (bicyclic) bond motifs is 3. The molecule has 1 amide bonds. The van der Waals surface area contributed by atoms with E-state index < -0.39 is 0 Å². The first kappa shape index (κ1) is 14.6. The Balaban J connectivity index is 1.52. The first-order valence-electron chi connectivity index (χ1n) is 8.42. The number of aromatic nitrogens is 1. The topological polar surface area (TPSA) is 68.4 Å². The minimum Gasteiger partial charge on any atom is -0.508 e. The molecule has 2 bridgehead atoms. The Kier molecular flexibility index (Phi) is 3.53. The zero-order chi connectivity index (χ0) is 16.0. The van der Waals surface area contributed by atoms with Crippen molar-refractivity contribution in [3.63, 3.8) is 0 Å². The Hall–Kier alpha value is -2.01. The maximum atomic E-state index is 11.3. The van der Waals surface area contributed by atoms with Gasteiger partial charge in [0.1, 0.15) is 5.75 Å². The molecule has 3 N–H and O–H groups in total. The number of nitrogens with zero attached hydrogens (tertiary/aromatic N) is 1. The highest BCUT2D eigenvalue weighted by molar-refractivity contribution is 5.84. The number of aromatic hydroxyl groups is 1. The van der Waals surface area contributed by atoms with E-state index in [9.17, 15) is 9.90 Å². The SMILES string of the molecule is CC(=O)N[C@H]1C[C@H]2CC[C@@H](C1)N2Cc1c[nH]c2cc(O)ccc12.